The molecule has 0 fully saturated rings. The van der Waals surface area contributed by atoms with Crippen LogP contribution in [-0.4, -0.2) is 59.5 Å². The van der Waals surface area contributed by atoms with Crippen LogP contribution in [0.3, 0.4) is 0 Å². The van der Waals surface area contributed by atoms with Gasteiger partial charge in [-0.1, -0.05) is 13.3 Å². The summed E-state index contributed by atoms with van der Waals surface area (Å²) in [4.78, 5) is 0. The highest BCUT2D eigenvalue weighted by atomic mass is 31.1. The van der Waals surface area contributed by atoms with E-state index in [9.17, 15) is 0 Å². The van der Waals surface area contributed by atoms with Crippen molar-refractivity contribution >= 4 is 7.92 Å². The summed E-state index contributed by atoms with van der Waals surface area (Å²) in [7, 11) is 3.47. The van der Waals surface area contributed by atoms with Gasteiger partial charge in [-0.2, -0.15) is 0 Å². The highest BCUT2D eigenvalue weighted by Crippen LogP contribution is 2.37. The van der Waals surface area contributed by atoms with Crippen LogP contribution < -0.4 is 0 Å². The predicted octanol–water partition coefficient (Wildman–Crippen LogP) is 3.29. The molecule has 0 rings (SSSR count). The van der Waals surface area contributed by atoms with Crippen molar-refractivity contribution in [3.8, 4) is 0 Å². The van der Waals surface area contributed by atoms with E-state index in [1.54, 1.807) is 14.2 Å². The van der Waals surface area contributed by atoms with Gasteiger partial charge in [0.2, 0.25) is 0 Å². The maximum atomic E-state index is 5.34. The Morgan fingerprint density at radius 2 is 1.21 bits per heavy atom. The molecule has 0 unspecified atom stereocenters. The van der Waals surface area contributed by atoms with Crippen LogP contribution >= 0.6 is 7.92 Å². The number of unbranched alkanes of at least 4 members (excludes halogenated alkanes) is 1. The molecule has 116 valence electrons. The van der Waals surface area contributed by atoms with Crippen molar-refractivity contribution in [3.63, 3.8) is 0 Å². The summed E-state index contributed by atoms with van der Waals surface area (Å²) in [6.45, 7) is 4.73. The lowest BCUT2D eigenvalue weighted by Gasteiger charge is -2.17. The second-order valence-corrected chi connectivity index (χ2v) is 7.22. The van der Waals surface area contributed by atoms with E-state index in [4.69, 9.17) is 18.9 Å². The molecule has 0 radical (unpaired) electrons. The van der Waals surface area contributed by atoms with E-state index in [2.05, 4.69) is 6.92 Å². The van der Waals surface area contributed by atoms with Crippen LogP contribution in [0, 0.1) is 0 Å². The lowest BCUT2D eigenvalue weighted by Crippen LogP contribution is -2.05. The second kappa shape index (κ2) is 16.3. The van der Waals surface area contributed by atoms with E-state index in [-0.39, 0.29) is 7.92 Å². The van der Waals surface area contributed by atoms with E-state index in [0.717, 1.165) is 26.1 Å². The van der Waals surface area contributed by atoms with Crippen molar-refractivity contribution in [1.82, 2.24) is 0 Å². The number of hydrogen-bond donors (Lipinski definition) is 0. The molecule has 19 heavy (non-hydrogen) atoms. The normalized spacial score (nSPS) is 11.4. The topological polar surface area (TPSA) is 36.9 Å². The fraction of sp³-hybridized carbons (Fsp3) is 1.00. The molecule has 0 bridgehead atoms. The van der Waals surface area contributed by atoms with Gasteiger partial charge in [0.25, 0.3) is 0 Å². The van der Waals surface area contributed by atoms with E-state index < -0.39 is 0 Å². The summed E-state index contributed by atoms with van der Waals surface area (Å²) in [6.07, 6.45) is 8.95. The van der Waals surface area contributed by atoms with Crippen LogP contribution in [-0.2, 0) is 18.9 Å². The van der Waals surface area contributed by atoms with Gasteiger partial charge in [0, 0.05) is 27.4 Å². The number of ether oxygens (including phenoxy) is 4. The molecule has 0 aromatic carbocycles. The van der Waals surface area contributed by atoms with Gasteiger partial charge in [0.05, 0.1) is 0 Å². The molecule has 0 atom stereocenters. The van der Waals surface area contributed by atoms with Crippen LogP contribution in [0.15, 0.2) is 0 Å². The zero-order valence-electron chi connectivity index (χ0n) is 12.9. The molecule has 0 amide bonds. The standard InChI is InChI=1S/C14H31O4P/c1-4-5-10-19(11-6-8-17-13-15-2)12-7-9-18-14-16-3/h4-14H2,1-3H3. The quantitative estimate of drug-likeness (QED) is 0.264. The highest BCUT2D eigenvalue weighted by molar-refractivity contribution is 7.57. The summed E-state index contributed by atoms with van der Waals surface area (Å²) in [5.41, 5.74) is 0. The second-order valence-electron chi connectivity index (χ2n) is 4.53. The van der Waals surface area contributed by atoms with Gasteiger partial charge in [-0.25, -0.2) is 0 Å². The minimum Gasteiger partial charge on any atom is -0.359 e. The van der Waals surface area contributed by atoms with Crippen LogP contribution in [0.4, 0.5) is 0 Å². The molecule has 0 aromatic heterocycles. The van der Waals surface area contributed by atoms with Gasteiger partial charge in [0.1, 0.15) is 13.6 Å². The third-order valence-corrected chi connectivity index (χ3v) is 5.60. The first-order chi connectivity index (χ1) is 9.35. The molecule has 0 aliphatic carbocycles. The molecule has 0 aromatic rings. The smallest absolute Gasteiger partial charge is 0.146 e. The van der Waals surface area contributed by atoms with Crippen molar-refractivity contribution < 1.29 is 18.9 Å². The Hall–Kier alpha value is 0.270. The Labute approximate surface area is 119 Å². The third-order valence-electron chi connectivity index (χ3n) is 2.76. The molecule has 0 saturated heterocycles. The fourth-order valence-electron chi connectivity index (χ4n) is 1.78. The lowest BCUT2D eigenvalue weighted by atomic mass is 10.4. The monoisotopic (exact) mass is 294 g/mol. The summed E-state index contributed by atoms with van der Waals surface area (Å²) in [6, 6.07) is 0. The molecule has 0 saturated carbocycles. The average molecular weight is 294 g/mol. The largest absolute Gasteiger partial charge is 0.359 e. The maximum Gasteiger partial charge on any atom is 0.146 e. The molecular formula is C14H31O4P. The third kappa shape index (κ3) is 14.5. The molecule has 0 aliphatic heterocycles. The van der Waals surface area contributed by atoms with E-state index in [0.29, 0.717) is 13.6 Å². The molecular weight excluding hydrogens is 263 g/mol. The van der Waals surface area contributed by atoms with Gasteiger partial charge in [-0.3, -0.25) is 0 Å². The molecule has 5 heteroatoms. The maximum absolute atomic E-state index is 5.34. The summed E-state index contributed by atoms with van der Waals surface area (Å²) >= 11 is 0. The Morgan fingerprint density at radius 3 is 1.63 bits per heavy atom. The van der Waals surface area contributed by atoms with Crippen molar-refractivity contribution in [2.75, 3.05) is 59.5 Å². The van der Waals surface area contributed by atoms with Crippen molar-refractivity contribution in [2.45, 2.75) is 32.6 Å². The van der Waals surface area contributed by atoms with Crippen molar-refractivity contribution in [3.05, 3.63) is 0 Å². The van der Waals surface area contributed by atoms with Gasteiger partial charge < -0.3 is 18.9 Å². The van der Waals surface area contributed by atoms with E-state index >= 15 is 0 Å². The first-order valence-electron chi connectivity index (χ1n) is 7.20. The fourth-order valence-corrected chi connectivity index (χ4v) is 4.37. The molecule has 0 heterocycles. The van der Waals surface area contributed by atoms with Crippen molar-refractivity contribution in [1.29, 1.82) is 0 Å². The van der Waals surface area contributed by atoms with Gasteiger partial charge in [-0.15, -0.1) is 7.92 Å². The minimum absolute atomic E-state index is 0.150. The SMILES string of the molecule is CCCCP(CCCOCOC)CCCOCOC. The molecule has 4 nitrogen and oxygen atoms in total. The van der Waals surface area contributed by atoms with Crippen LogP contribution in [0.2, 0.25) is 0 Å². The van der Waals surface area contributed by atoms with Crippen molar-refractivity contribution in [2.24, 2.45) is 0 Å². The summed E-state index contributed by atoms with van der Waals surface area (Å²) in [5.74, 6) is 0. The van der Waals surface area contributed by atoms with Crippen LogP contribution in [0.5, 0.6) is 0 Å². The zero-order chi connectivity index (χ0) is 14.2. The Morgan fingerprint density at radius 1 is 0.737 bits per heavy atom. The minimum atomic E-state index is 0.150. The number of rotatable bonds is 15. The zero-order valence-corrected chi connectivity index (χ0v) is 13.8. The number of hydrogen-bond acceptors (Lipinski definition) is 4. The van der Waals surface area contributed by atoms with Crippen LogP contribution in [0.1, 0.15) is 32.6 Å². The average Bonchev–Trinajstić information content (AvgIpc) is 2.43. The Bertz CT molecular complexity index is 156. The van der Waals surface area contributed by atoms with Gasteiger partial charge in [-0.05, 0) is 37.7 Å². The first-order valence-corrected chi connectivity index (χ1v) is 9.10. The summed E-state index contributed by atoms with van der Waals surface area (Å²) in [5, 5.41) is 0. The molecule has 0 N–H and O–H groups in total. The Balaban J connectivity index is 3.57. The van der Waals surface area contributed by atoms with E-state index in [1.807, 2.05) is 0 Å². The molecule has 0 spiro atoms. The van der Waals surface area contributed by atoms with Gasteiger partial charge in [0.15, 0.2) is 0 Å². The van der Waals surface area contributed by atoms with Crippen LogP contribution in [0.25, 0.3) is 0 Å². The van der Waals surface area contributed by atoms with E-state index in [1.165, 1.54) is 31.3 Å². The van der Waals surface area contributed by atoms with Gasteiger partial charge >= 0.3 is 0 Å². The lowest BCUT2D eigenvalue weighted by molar-refractivity contribution is -0.0300. The highest BCUT2D eigenvalue weighted by Gasteiger charge is 2.07. The Kier molecular flexibility index (Phi) is 16.6. The number of methoxy groups -OCH3 is 2. The predicted molar refractivity (Wildman–Crippen MR) is 81.3 cm³/mol. The first kappa shape index (κ1) is 19.3. The summed E-state index contributed by atoms with van der Waals surface area (Å²) < 4.78 is 20.4. The molecule has 0 aliphatic rings.